The predicted octanol–water partition coefficient (Wildman–Crippen LogP) is 3.27. The molecule has 1 amide bonds. The third-order valence-electron chi connectivity index (χ3n) is 6.39. The van der Waals surface area contributed by atoms with Crippen molar-refractivity contribution < 1.29 is 9.53 Å². The quantitative estimate of drug-likeness (QED) is 0.781. The first-order chi connectivity index (χ1) is 13.1. The number of carbonyl (C=O) groups excluding carboxylic acids is 1. The molecule has 0 saturated carbocycles. The lowest BCUT2D eigenvalue weighted by atomic mass is 10.0. The molecule has 140 valence electrons. The summed E-state index contributed by atoms with van der Waals surface area (Å²) in [4.78, 5) is 17.8. The number of rotatable bonds is 1. The molecule has 3 aliphatic heterocycles. The van der Waals surface area contributed by atoms with Gasteiger partial charge in [0.2, 0.25) is 0 Å². The number of ether oxygens (including phenoxy) is 1. The first-order valence-electron chi connectivity index (χ1n) is 10.0. The van der Waals surface area contributed by atoms with Gasteiger partial charge in [-0.3, -0.25) is 4.79 Å². The fourth-order valence-electron chi connectivity index (χ4n) is 4.82. The van der Waals surface area contributed by atoms with Gasteiger partial charge in [-0.15, -0.1) is 0 Å². The van der Waals surface area contributed by atoms with Crippen molar-refractivity contribution in [1.29, 1.82) is 0 Å². The number of nitrogens with zero attached hydrogens (tertiary/aromatic N) is 2. The number of amides is 1. The monoisotopic (exact) mass is 362 g/mol. The summed E-state index contributed by atoms with van der Waals surface area (Å²) in [7, 11) is 0. The van der Waals surface area contributed by atoms with Crippen LogP contribution in [0.25, 0.3) is 0 Å². The smallest absolute Gasteiger partial charge is 0.264 e. The van der Waals surface area contributed by atoms with E-state index in [4.69, 9.17) is 4.74 Å². The van der Waals surface area contributed by atoms with Crippen molar-refractivity contribution in [2.75, 3.05) is 24.5 Å². The fourth-order valence-corrected chi connectivity index (χ4v) is 4.82. The molecule has 2 unspecified atom stereocenters. The van der Waals surface area contributed by atoms with Crippen LogP contribution in [-0.2, 0) is 17.6 Å². The minimum atomic E-state index is -0.364. The second-order valence-corrected chi connectivity index (χ2v) is 8.17. The van der Waals surface area contributed by atoms with Crippen LogP contribution in [0.15, 0.2) is 36.4 Å². The summed E-state index contributed by atoms with van der Waals surface area (Å²) in [6.45, 7) is 6.85. The Labute approximate surface area is 160 Å². The summed E-state index contributed by atoms with van der Waals surface area (Å²) >= 11 is 0. The van der Waals surface area contributed by atoms with Crippen molar-refractivity contribution in [1.82, 2.24) is 4.90 Å². The number of hydrogen-bond donors (Lipinski definition) is 0. The van der Waals surface area contributed by atoms with Gasteiger partial charge in [0, 0.05) is 31.7 Å². The highest BCUT2D eigenvalue weighted by molar-refractivity contribution is 5.83. The lowest BCUT2D eigenvalue weighted by Gasteiger charge is -2.28. The van der Waals surface area contributed by atoms with Gasteiger partial charge >= 0.3 is 0 Å². The van der Waals surface area contributed by atoms with Crippen LogP contribution < -0.4 is 9.64 Å². The number of carbonyl (C=O) groups is 1. The van der Waals surface area contributed by atoms with Gasteiger partial charge in [0.05, 0.1) is 6.04 Å². The summed E-state index contributed by atoms with van der Waals surface area (Å²) in [5, 5.41) is 0. The SMILES string of the molecule is Cc1cc2c(cc1C)OC(C(=O)N1CCCN3c4ccccc4CC3C1)C2. The normalized spacial score (nSPS) is 23.3. The Balaban J connectivity index is 1.32. The molecular weight excluding hydrogens is 336 g/mol. The molecule has 2 aromatic rings. The fraction of sp³-hybridized carbons (Fsp3) is 0.435. The molecule has 3 heterocycles. The van der Waals surface area contributed by atoms with Crippen molar-refractivity contribution in [3.63, 3.8) is 0 Å². The second-order valence-electron chi connectivity index (χ2n) is 8.17. The maximum absolute atomic E-state index is 13.2. The third kappa shape index (κ3) is 2.78. The number of benzene rings is 2. The molecule has 0 bridgehead atoms. The van der Waals surface area contributed by atoms with Crippen LogP contribution in [0.1, 0.15) is 28.7 Å². The van der Waals surface area contributed by atoms with E-state index >= 15 is 0 Å². The lowest BCUT2D eigenvalue weighted by molar-refractivity contribution is -0.138. The Hall–Kier alpha value is -2.49. The van der Waals surface area contributed by atoms with Crippen LogP contribution in [0.3, 0.4) is 0 Å². The van der Waals surface area contributed by atoms with E-state index in [0.717, 1.165) is 38.2 Å². The number of para-hydroxylation sites is 1. The largest absolute Gasteiger partial charge is 0.480 e. The first-order valence-corrected chi connectivity index (χ1v) is 10.0. The van der Waals surface area contributed by atoms with Gasteiger partial charge in [0.15, 0.2) is 6.10 Å². The van der Waals surface area contributed by atoms with Crippen molar-refractivity contribution in [2.24, 2.45) is 0 Å². The number of hydrogen-bond acceptors (Lipinski definition) is 3. The van der Waals surface area contributed by atoms with Gasteiger partial charge in [-0.25, -0.2) is 0 Å². The van der Waals surface area contributed by atoms with E-state index in [1.54, 1.807) is 0 Å². The molecule has 27 heavy (non-hydrogen) atoms. The van der Waals surface area contributed by atoms with Crippen molar-refractivity contribution in [3.8, 4) is 5.75 Å². The van der Waals surface area contributed by atoms with Crippen molar-refractivity contribution in [3.05, 3.63) is 58.7 Å². The summed E-state index contributed by atoms with van der Waals surface area (Å²) in [6.07, 6.45) is 2.37. The summed E-state index contributed by atoms with van der Waals surface area (Å²) < 4.78 is 6.07. The van der Waals surface area contributed by atoms with Crippen LogP contribution in [0.4, 0.5) is 5.69 Å². The summed E-state index contributed by atoms with van der Waals surface area (Å²) in [5.74, 6) is 1.04. The first kappa shape index (κ1) is 16.7. The Morgan fingerprint density at radius 1 is 1.04 bits per heavy atom. The topological polar surface area (TPSA) is 32.8 Å². The lowest BCUT2D eigenvalue weighted by Crippen LogP contribution is -2.46. The molecule has 2 atom stereocenters. The van der Waals surface area contributed by atoms with Crippen LogP contribution in [0.2, 0.25) is 0 Å². The predicted molar refractivity (Wildman–Crippen MR) is 107 cm³/mol. The van der Waals surface area contributed by atoms with Crippen LogP contribution in [0, 0.1) is 13.8 Å². The van der Waals surface area contributed by atoms with Crippen LogP contribution in [0.5, 0.6) is 5.75 Å². The van der Waals surface area contributed by atoms with E-state index in [1.165, 1.54) is 27.9 Å². The average Bonchev–Trinajstić information content (AvgIpc) is 3.15. The Bertz CT molecular complexity index is 876. The van der Waals surface area contributed by atoms with Crippen LogP contribution in [-0.4, -0.2) is 42.6 Å². The molecule has 0 N–H and O–H groups in total. The van der Waals surface area contributed by atoms with Crippen molar-refractivity contribution in [2.45, 2.75) is 45.3 Å². The molecule has 3 aliphatic rings. The molecule has 0 spiro atoms. The zero-order valence-electron chi connectivity index (χ0n) is 16.1. The van der Waals surface area contributed by atoms with Gasteiger partial charge in [-0.05, 0) is 61.1 Å². The van der Waals surface area contributed by atoms with Gasteiger partial charge in [-0.1, -0.05) is 24.3 Å². The number of aryl methyl sites for hydroxylation is 2. The maximum Gasteiger partial charge on any atom is 0.264 e. The van der Waals surface area contributed by atoms with E-state index in [9.17, 15) is 4.79 Å². The molecule has 0 aromatic heterocycles. The molecule has 1 saturated heterocycles. The highest BCUT2D eigenvalue weighted by atomic mass is 16.5. The van der Waals surface area contributed by atoms with Crippen molar-refractivity contribution >= 4 is 11.6 Å². The Morgan fingerprint density at radius 2 is 1.85 bits per heavy atom. The molecule has 2 aromatic carbocycles. The third-order valence-corrected chi connectivity index (χ3v) is 6.39. The van der Waals surface area contributed by atoms with E-state index < -0.39 is 0 Å². The standard InChI is InChI=1S/C23H26N2O2/c1-15-10-18-13-22(27-21(18)11-16(15)2)23(26)24-8-5-9-25-19(14-24)12-17-6-3-4-7-20(17)25/h3-4,6-7,10-11,19,22H,5,8-9,12-14H2,1-2H3. The Morgan fingerprint density at radius 3 is 2.74 bits per heavy atom. The van der Waals surface area contributed by atoms with Crippen LogP contribution >= 0.6 is 0 Å². The minimum absolute atomic E-state index is 0.152. The number of anilines is 1. The molecule has 5 rings (SSSR count). The zero-order valence-corrected chi connectivity index (χ0v) is 16.1. The van der Waals surface area contributed by atoms with E-state index in [0.29, 0.717) is 12.5 Å². The maximum atomic E-state index is 13.2. The molecule has 1 fully saturated rings. The minimum Gasteiger partial charge on any atom is -0.480 e. The number of fused-ring (bicyclic) bond motifs is 4. The molecule has 0 radical (unpaired) electrons. The highest BCUT2D eigenvalue weighted by Crippen LogP contribution is 2.35. The summed E-state index contributed by atoms with van der Waals surface area (Å²) in [6, 6.07) is 13.3. The molecule has 4 nitrogen and oxygen atoms in total. The second kappa shape index (κ2) is 6.29. The molecule has 0 aliphatic carbocycles. The summed E-state index contributed by atoms with van der Waals surface area (Å²) in [5.41, 5.74) is 6.41. The van der Waals surface area contributed by atoms with E-state index in [1.807, 2.05) is 4.90 Å². The Kier molecular flexibility index (Phi) is 3.88. The van der Waals surface area contributed by atoms with Gasteiger partial charge in [0.1, 0.15) is 5.75 Å². The average molecular weight is 362 g/mol. The van der Waals surface area contributed by atoms with E-state index in [2.05, 4.69) is 55.1 Å². The van der Waals surface area contributed by atoms with Gasteiger partial charge in [-0.2, -0.15) is 0 Å². The van der Waals surface area contributed by atoms with Gasteiger partial charge in [0.25, 0.3) is 5.91 Å². The molecule has 4 heteroatoms. The zero-order chi connectivity index (χ0) is 18.5. The highest BCUT2D eigenvalue weighted by Gasteiger charge is 2.37. The van der Waals surface area contributed by atoms with E-state index in [-0.39, 0.29) is 12.0 Å². The van der Waals surface area contributed by atoms with Gasteiger partial charge < -0.3 is 14.5 Å². The molecular formula is C23H26N2O2.